The SMILES string of the molecule is CC(C)[C@H](NC(=O)CCN1C(=O)C=CC1=O)C(=O)N[C@@H](C)C(=O)Nc1ccc(COC(=O)N[C@@H](C)C(=O)NCCN)cc1. The maximum Gasteiger partial charge on any atom is 0.408 e. The molecule has 0 aliphatic carbocycles. The molecule has 3 atom stereocenters. The molecule has 1 aromatic carbocycles. The molecule has 1 aromatic rings. The number of nitrogens with one attached hydrogen (secondary N) is 5. The van der Waals surface area contributed by atoms with E-state index in [4.69, 9.17) is 10.5 Å². The molecule has 1 heterocycles. The molecule has 0 unspecified atom stereocenters. The van der Waals surface area contributed by atoms with E-state index in [1.54, 1.807) is 38.1 Å². The number of hydrogen-bond donors (Lipinski definition) is 6. The standard InChI is InChI=1S/C28H39N7O8/c1-16(2)24(34-21(36)11-14-35-22(37)9-10-23(35)38)27(41)31-18(4)26(40)33-20-7-5-19(6-8-20)15-43-28(42)32-17(3)25(39)30-13-12-29/h5-10,16-18,24H,11-15,29H2,1-4H3,(H,30,39)(H,31,41)(H,32,42)(H,33,40)(H,34,36)/t17-,18-,24-/m0/s1. The summed E-state index contributed by atoms with van der Waals surface area (Å²) in [6.07, 6.45) is 1.29. The van der Waals surface area contributed by atoms with Crippen LogP contribution in [0.4, 0.5) is 10.5 Å². The summed E-state index contributed by atoms with van der Waals surface area (Å²) < 4.78 is 5.12. The van der Waals surface area contributed by atoms with Crippen LogP contribution >= 0.6 is 0 Å². The molecule has 2 rings (SSSR count). The minimum absolute atomic E-state index is 0.0759. The van der Waals surface area contributed by atoms with Gasteiger partial charge < -0.3 is 37.1 Å². The Morgan fingerprint density at radius 3 is 2.02 bits per heavy atom. The summed E-state index contributed by atoms with van der Waals surface area (Å²) in [7, 11) is 0. The van der Waals surface area contributed by atoms with Gasteiger partial charge in [0.25, 0.3) is 11.8 Å². The Balaban J connectivity index is 1.80. The Morgan fingerprint density at radius 2 is 1.44 bits per heavy atom. The van der Waals surface area contributed by atoms with Crippen LogP contribution in [0.25, 0.3) is 0 Å². The molecule has 7 amide bonds. The normalized spacial score (nSPS) is 14.5. The van der Waals surface area contributed by atoms with Crippen molar-refractivity contribution in [1.29, 1.82) is 0 Å². The zero-order valence-electron chi connectivity index (χ0n) is 24.6. The fourth-order valence-corrected chi connectivity index (χ4v) is 3.73. The summed E-state index contributed by atoms with van der Waals surface area (Å²) in [5.41, 5.74) is 6.38. The van der Waals surface area contributed by atoms with Crippen LogP contribution in [0.5, 0.6) is 0 Å². The van der Waals surface area contributed by atoms with Gasteiger partial charge in [-0.25, -0.2) is 4.79 Å². The molecule has 0 fully saturated rings. The second kappa shape index (κ2) is 16.6. The average Bonchev–Trinajstić information content (AvgIpc) is 3.28. The number of amides is 7. The molecule has 43 heavy (non-hydrogen) atoms. The van der Waals surface area contributed by atoms with Crippen LogP contribution in [0, 0.1) is 5.92 Å². The Morgan fingerprint density at radius 1 is 0.837 bits per heavy atom. The fraction of sp³-hybridized carbons (Fsp3) is 0.464. The lowest BCUT2D eigenvalue weighted by Crippen LogP contribution is -2.54. The fourth-order valence-electron chi connectivity index (χ4n) is 3.73. The summed E-state index contributed by atoms with van der Waals surface area (Å²) in [5, 5.41) is 12.8. The van der Waals surface area contributed by atoms with Crippen molar-refractivity contribution < 1.29 is 38.3 Å². The van der Waals surface area contributed by atoms with Crippen molar-refractivity contribution in [2.75, 3.05) is 25.0 Å². The van der Waals surface area contributed by atoms with Crippen LogP contribution in [0.15, 0.2) is 36.4 Å². The Bertz CT molecular complexity index is 1210. The van der Waals surface area contributed by atoms with Crippen molar-refractivity contribution in [3.05, 3.63) is 42.0 Å². The van der Waals surface area contributed by atoms with E-state index in [1.807, 2.05) is 0 Å². The van der Waals surface area contributed by atoms with Gasteiger partial charge >= 0.3 is 6.09 Å². The molecular formula is C28H39N7O8. The van der Waals surface area contributed by atoms with Crippen molar-refractivity contribution in [1.82, 2.24) is 26.2 Å². The lowest BCUT2D eigenvalue weighted by molar-refractivity contribution is -0.137. The lowest BCUT2D eigenvalue weighted by Gasteiger charge is -2.24. The highest BCUT2D eigenvalue weighted by Crippen LogP contribution is 2.12. The van der Waals surface area contributed by atoms with Crippen LogP contribution in [-0.2, 0) is 40.1 Å². The number of nitrogens with two attached hydrogens (primary N) is 1. The van der Waals surface area contributed by atoms with Crippen LogP contribution < -0.4 is 32.3 Å². The van der Waals surface area contributed by atoms with E-state index in [0.717, 1.165) is 17.1 Å². The summed E-state index contributed by atoms with van der Waals surface area (Å²) in [6.45, 7) is 6.82. The van der Waals surface area contributed by atoms with E-state index in [2.05, 4.69) is 26.6 Å². The van der Waals surface area contributed by atoms with Gasteiger partial charge in [0.05, 0.1) is 0 Å². The minimum atomic E-state index is -0.953. The topological polar surface area (TPSA) is 218 Å². The average molecular weight is 602 g/mol. The van der Waals surface area contributed by atoms with Crippen LogP contribution in [-0.4, -0.2) is 84.2 Å². The maximum absolute atomic E-state index is 12.9. The van der Waals surface area contributed by atoms with Crippen molar-refractivity contribution in [3.63, 3.8) is 0 Å². The molecule has 0 saturated carbocycles. The van der Waals surface area contributed by atoms with Gasteiger partial charge in [-0.05, 0) is 37.5 Å². The predicted molar refractivity (Wildman–Crippen MR) is 155 cm³/mol. The molecule has 0 saturated heterocycles. The van der Waals surface area contributed by atoms with Gasteiger partial charge in [-0.3, -0.25) is 33.7 Å². The molecule has 0 aromatic heterocycles. The maximum atomic E-state index is 12.9. The smallest absolute Gasteiger partial charge is 0.408 e. The number of alkyl carbamates (subject to hydrolysis) is 1. The largest absolute Gasteiger partial charge is 0.445 e. The Kier molecular flexibility index (Phi) is 13.3. The lowest BCUT2D eigenvalue weighted by atomic mass is 10.0. The molecule has 0 spiro atoms. The van der Waals surface area contributed by atoms with Crippen LogP contribution in [0.3, 0.4) is 0 Å². The van der Waals surface area contributed by atoms with Gasteiger partial charge in [-0.2, -0.15) is 0 Å². The first kappa shape index (κ1) is 34.4. The van der Waals surface area contributed by atoms with E-state index in [-0.39, 0.29) is 44.5 Å². The molecule has 1 aliphatic rings. The molecule has 0 bridgehead atoms. The predicted octanol–water partition coefficient (Wildman–Crippen LogP) is -0.725. The summed E-state index contributed by atoms with van der Waals surface area (Å²) >= 11 is 0. The second-order valence-corrected chi connectivity index (χ2v) is 10.1. The van der Waals surface area contributed by atoms with E-state index < -0.39 is 53.8 Å². The highest BCUT2D eigenvalue weighted by molar-refractivity contribution is 6.13. The number of benzene rings is 1. The van der Waals surface area contributed by atoms with Crippen LogP contribution in [0.1, 0.15) is 39.7 Å². The molecule has 15 nitrogen and oxygen atoms in total. The highest BCUT2D eigenvalue weighted by atomic mass is 16.5. The Labute approximate surface area is 249 Å². The van der Waals surface area contributed by atoms with Crippen molar-refractivity contribution in [2.24, 2.45) is 11.7 Å². The molecule has 15 heteroatoms. The van der Waals surface area contributed by atoms with Gasteiger partial charge in [0.1, 0.15) is 24.7 Å². The van der Waals surface area contributed by atoms with Gasteiger partial charge in [0, 0.05) is 43.9 Å². The van der Waals surface area contributed by atoms with E-state index in [0.29, 0.717) is 11.3 Å². The van der Waals surface area contributed by atoms with Gasteiger partial charge in [-0.1, -0.05) is 26.0 Å². The molecule has 1 aliphatic heterocycles. The Hall–Kier alpha value is -4.79. The molecule has 7 N–H and O–H groups in total. The van der Waals surface area contributed by atoms with Crippen molar-refractivity contribution in [2.45, 2.75) is 58.8 Å². The number of rotatable bonds is 15. The quantitative estimate of drug-likeness (QED) is 0.140. The molecule has 234 valence electrons. The van der Waals surface area contributed by atoms with Crippen molar-refractivity contribution in [3.8, 4) is 0 Å². The molecular weight excluding hydrogens is 562 g/mol. The van der Waals surface area contributed by atoms with E-state index in [1.165, 1.54) is 13.8 Å². The van der Waals surface area contributed by atoms with E-state index >= 15 is 0 Å². The molecule has 0 radical (unpaired) electrons. The first-order valence-electron chi connectivity index (χ1n) is 13.8. The van der Waals surface area contributed by atoms with Crippen LogP contribution in [0.2, 0.25) is 0 Å². The number of anilines is 1. The summed E-state index contributed by atoms with van der Waals surface area (Å²) in [6, 6.07) is 3.74. The van der Waals surface area contributed by atoms with Gasteiger partial charge in [-0.15, -0.1) is 0 Å². The monoisotopic (exact) mass is 601 g/mol. The first-order chi connectivity index (χ1) is 20.3. The number of carbonyl (C=O) groups is 7. The second-order valence-electron chi connectivity index (χ2n) is 10.1. The number of carbonyl (C=O) groups excluding carboxylic acids is 7. The minimum Gasteiger partial charge on any atom is -0.445 e. The zero-order chi connectivity index (χ0) is 32.1. The number of ether oxygens (including phenoxy) is 1. The third-order valence-electron chi connectivity index (χ3n) is 6.24. The number of imide groups is 1. The summed E-state index contributed by atoms with van der Waals surface area (Å²) in [4.78, 5) is 86.0. The summed E-state index contributed by atoms with van der Waals surface area (Å²) in [5.74, 6) is -3.31. The van der Waals surface area contributed by atoms with E-state index in [9.17, 15) is 33.6 Å². The third kappa shape index (κ3) is 11.2. The van der Waals surface area contributed by atoms with Crippen molar-refractivity contribution >= 4 is 47.2 Å². The first-order valence-corrected chi connectivity index (χ1v) is 13.8. The van der Waals surface area contributed by atoms with Gasteiger partial charge in [0.2, 0.25) is 23.6 Å². The number of nitrogens with zero attached hydrogens (tertiary/aromatic N) is 1. The highest BCUT2D eigenvalue weighted by Gasteiger charge is 2.28. The third-order valence-corrected chi connectivity index (χ3v) is 6.24. The number of hydrogen-bond acceptors (Lipinski definition) is 9. The van der Waals surface area contributed by atoms with Gasteiger partial charge in [0.15, 0.2) is 0 Å². The zero-order valence-corrected chi connectivity index (χ0v) is 24.6.